The van der Waals surface area contributed by atoms with Gasteiger partial charge in [0.1, 0.15) is 6.61 Å². The van der Waals surface area contributed by atoms with E-state index >= 15 is 0 Å². The maximum absolute atomic E-state index is 12.4. The van der Waals surface area contributed by atoms with Gasteiger partial charge in [0.2, 0.25) is 8.87 Å². The van der Waals surface area contributed by atoms with E-state index in [9.17, 15) is 23.3 Å². The number of non-ortho nitro benzene ring substituents is 1. The van der Waals surface area contributed by atoms with Crippen LogP contribution in [0.25, 0.3) is 0 Å². The fourth-order valence-electron chi connectivity index (χ4n) is 2.89. The molecule has 0 aromatic heterocycles. The molecule has 1 aromatic rings. The van der Waals surface area contributed by atoms with E-state index in [0.717, 1.165) is 44.9 Å². The number of hydrogen-bond acceptors (Lipinski definition) is 9. The molecular formula is C19H29N3O6S2. The molecule has 1 aliphatic rings. The first-order valence-corrected chi connectivity index (χ1v) is 12.7. The first kappa shape index (κ1) is 24.6. The number of likely N-dealkylation sites (N-methyl/N-ethyl adjacent to an activating group) is 1. The number of piperazine rings is 1. The lowest BCUT2D eigenvalue weighted by molar-refractivity contribution is -0.384. The summed E-state index contributed by atoms with van der Waals surface area (Å²) >= 11 is 0. The fourth-order valence-corrected chi connectivity index (χ4v) is 5.47. The van der Waals surface area contributed by atoms with E-state index in [1.807, 2.05) is 13.8 Å². The predicted octanol–water partition coefficient (Wildman–Crippen LogP) is 2.22. The van der Waals surface area contributed by atoms with Gasteiger partial charge in [-0.25, -0.2) is 8.42 Å². The third-order valence-electron chi connectivity index (χ3n) is 5.09. The van der Waals surface area contributed by atoms with Crippen molar-refractivity contribution in [3.63, 3.8) is 0 Å². The number of esters is 1. The number of benzene rings is 1. The first-order valence-electron chi connectivity index (χ1n) is 9.73. The second-order valence-corrected chi connectivity index (χ2v) is 12.0. The smallest absolute Gasteiger partial charge is 0.311 e. The van der Waals surface area contributed by atoms with E-state index in [2.05, 4.69) is 16.8 Å². The topological polar surface area (TPSA) is 110 Å². The summed E-state index contributed by atoms with van der Waals surface area (Å²) in [5, 5.41) is 10.7. The Kier molecular flexibility index (Phi) is 8.65. The van der Waals surface area contributed by atoms with E-state index in [0.29, 0.717) is 17.2 Å². The molecular weight excluding hydrogens is 430 g/mol. The minimum absolute atomic E-state index is 0.0167. The van der Waals surface area contributed by atoms with Gasteiger partial charge in [0.25, 0.3) is 5.69 Å². The highest BCUT2D eigenvalue weighted by Gasteiger charge is 2.30. The summed E-state index contributed by atoms with van der Waals surface area (Å²) in [6, 6.07) is 4.70. The van der Waals surface area contributed by atoms with Crippen molar-refractivity contribution in [3.8, 4) is 0 Å². The van der Waals surface area contributed by atoms with Gasteiger partial charge in [-0.15, -0.1) is 0 Å². The van der Waals surface area contributed by atoms with Crippen LogP contribution in [0.3, 0.4) is 0 Å². The van der Waals surface area contributed by atoms with Crippen LogP contribution < -0.4 is 0 Å². The number of carbonyl (C=O) groups is 1. The Morgan fingerprint density at radius 3 is 2.37 bits per heavy atom. The number of hydrogen-bond donors (Lipinski definition) is 0. The Hall–Kier alpha value is -1.69. The van der Waals surface area contributed by atoms with Gasteiger partial charge in [-0.3, -0.25) is 14.9 Å². The van der Waals surface area contributed by atoms with Crippen LogP contribution in [0, 0.1) is 15.5 Å². The van der Waals surface area contributed by atoms with Crippen LogP contribution >= 0.6 is 10.8 Å². The molecule has 0 N–H and O–H groups in total. The summed E-state index contributed by atoms with van der Waals surface area (Å²) in [7, 11) is -0.930. The maximum Gasteiger partial charge on any atom is 0.311 e. The van der Waals surface area contributed by atoms with Crippen molar-refractivity contribution in [2.75, 3.05) is 52.1 Å². The standard InChI is InChI=1S/C19H29N3O6S2/c1-19(2,8-9-21-12-10-20(3)11-13-21)18(23)28-14-15-29-30(26,27)17-6-4-16(5-7-17)22(24)25/h4-7H,8-15H2,1-3H3. The van der Waals surface area contributed by atoms with Crippen molar-refractivity contribution in [2.45, 2.75) is 25.2 Å². The Bertz CT molecular complexity index is 834. The van der Waals surface area contributed by atoms with Gasteiger partial charge in [0.15, 0.2) is 0 Å². The summed E-state index contributed by atoms with van der Waals surface area (Å²) in [6.07, 6.45) is 0.670. The van der Waals surface area contributed by atoms with E-state index in [1.54, 1.807) is 0 Å². The summed E-state index contributed by atoms with van der Waals surface area (Å²) < 4.78 is 29.9. The van der Waals surface area contributed by atoms with Crippen LogP contribution in [0.2, 0.25) is 0 Å². The highest BCUT2D eigenvalue weighted by Crippen LogP contribution is 2.26. The number of nitro groups is 1. The van der Waals surface area contributed by atoms with Crippen molar-refractivity contribution in [1.29, 1.82) is 0 Å². The number of carbonyl (C=O) groups excluding carboxylic acids is 1. The lowest BCUT2D eigenvalue weighted by atomic mass is 9.89. The van der Waals surface area contributed by atoms with Gasteiger partial charge >= 0.3 is 5.97 Å². The van der Waals surface area contributed by atoms with E-state index in [4.69, 9.17) is 4.74 Å². The van der Waals surface area contributed by atoms with Crippen molar-refractivity contribution in [2.24, 2.45) is 5.41 Å². The molecule has 0 spiro atoms. The van der Waals surface area contributed by atoms with Crippen LogP contribution in [0.5, 0.6) is 0 Å². The van der Waals surface area contributed by atoms with Gasteiger partial charge < -0.3 is 14.5 Å². The zero-order valence-electron chi connectivity index (χ0n) is 17.6. The maximum atomic E-state index is 12.4. The van der Waals surface area contributed by atoms with Crippen molar-refractivity contribution < 1.29 is 22.9 Å². The zero-order chi connectivity index (χ0) is 22.4. The molecule has 0 saturated carbocycles. The molecule has 30 heavy (non-hydrogen) atoms. The summed E-state index contributed by atoms with van der Waals surface area (Å²) in [5.74, 6) is -0.260. The molecule has 9 nitrogen and oxygen atoms in total. The van der Waals surface area contributed by atoms with Crippen molar-refractivity contribution in [3.05, 3.63) is 34.4 Å². The quantitative estimate of drug-likeness (QED) is 0.171. The molecule has 0 amide bonds. The molecule has 0 radical (unpaired) electrons. The van der Waals surface area contributed by atoms with Crippen LogP contribution in [0.4, 0.5) is 5.69 Å². The lowest BCUT2D eigenvalue weighted by Gasteiger charge is -2.34. The number of rotatable bonds is 10. The first-order chi connectivity index (χ1) is 14.0. The van der Waals surface area contributed by atoms with E-state index < -0.39 is 19.2 Å². The largest absolute Gasteiger partial charge is 0.464 e. The number of ether oxygens (including phenoxy) is 1. The van der Waals surface area contributed by atoms with Gasteiger partial charge in [0.05, 0.1) is 15.2 Å². The van der Waals surface area contributed by atoms with Gasteiger partial charge in [0, 0.05) is 44.1 Å². The molecule has 0 unspecified atom stereocenters. The van der Waals surface area contributed by atoms with Crippen LogP contribution in [-0.2, 0) is 18.4 Å². The molecule has 1 heterocycles. The Labute approximate surface area is 181 Å². The van der Waals surface area contributed by atoms with Crippen molar-refractivity contribution in [1.82, 2.24) is 9.80 Å². The summed E-state index contributed by atoms with van der Waals surface area (Å²) in [4.78, 5) is 27.1. The van der Waals surface area contributed by atoms with Gasteiger partial charge in [-0.2, -0.15) is 0 Å². The van der Waals surface area contributed by atoms with Crippen LogP contribution in [0.15, 0.2) is 29.2 Å². The predicted molar refractivity (Wildman–Crippen MR) is 116 cm³/mol. The van der Waals surface area contributed by atoms with E-state index in [-0.39, 0.29) is 28.9 Å². The lowest BCUT2D eigenvalue weighted by Crippen LogP contribution is -2.45. The summed E-state index contributed by atoms with van der Waals surface area (Å²) in [5.41, 5.74) is -0.822. The molecule has 2 rings (SSSR count). The average Bonchev–Trinajstić information content (AvgIpc) is 2.70. The minimum Gasteiger partial charge on any atom is -0.464 e. The third-order valence-corrected chi connectivity index (χ3v) is 8.59. The highest BCUT2D eigenvalue weighted by atomic mass is 33.1. The zero-order valence-corrected chi connectivity index (χ0v) is 19.2. The van der Waals surface area contributed by atoms with Crippen molar-refractivity contribution >= 4 is 31.3 Å². The third kappa shape index (κ3) is 7.22. The fraction of sp³-hybridized carbons (Fsp3) is 0.632. The number of nitrogens with zero attached hydrogens (tertiary/aromatic N) is 3. The Morgan fingerprint density at radius 1 is 1.20 bits per heavy atom. The molecule has 1 aliphatic heterocycles. The van der Waals surface area contributed by atoms with Crippen LogP contribution in [-0.4, -0.2) is 81.2 Å². The molecule has 0 aliphatic carbocycles. The molecule has 1 saturated heterocycles. The van der Waals surface area contributed by atoms with Gasteiger partial charge in [-0.1, -0.05) is 0 Å². The minimum atomic E-state index is -3.67. The normalized spacial score (nSPS) is 16.4. The number of nitro benzene ring substituents is 1. The SMILES string of the molecule is CN1CCN(CCC(C)(C)C(=O)OCCSS(=O)(=O)c2ccc([N+](=O)[O-])cc2)CC1. The molecule has 11 heteroatoms. The highest BCUT2D eigenvalue weighted by molar-refractivity contribution is 8.72. The monoisotopic (exact) mass is 459 g/mol. The summed E-state index contributed by atoms with van der Waals surface area (Å²) in [6.45, 7) is 8.49. The second-order valence-electron chi connectivity index (χ2n) is 7.94. The molecule has 1 fully saturated rings. The molecule has 168 valence electrons. The van der Waals surface area contributed by atoms with E-state index in [1.165, 1.54) is 12.1 Å². The van der Waals surface area contributed by atoms with Gasteiger partial charge in [-0.05, 0) is 56.8 Å². The molecule has 0 bridgehead atoms. The average molecular weight is 460 g/mol. The Balaban J connectivity index is 1.75. The molecule has 0 atom stereocenters. The molecule has 1 aromatic carbocycles. The second kappa shape index (κ2) is 10.6. The Morgan fingerprint density at radius 2 is 1.80 bits per heavy atom. The van der Waals surface area contributed by atoms with Crippen LogP contribution in [0.1, 0.15) is 20.3 Å².